The van der Waals surface area contributed by atoms with Gasteiger partial charge in [-0.25, -0.2) is 0 Å². The van der Waals surface area contributed by atoms with Gasteiger partial charge in [-0.3, -0.25) is 9.59 Å². The lowest BCUT2D eigenvalue weighted by Gasteiger charge is -2.38. The average Bonchev–Trinajstić information content (AvgIpc) is 2.36. The second-order valence-corrected chi connectivity index (χ2v) is 5.78. The molecule has 1 rings (SSSR count). The molecule has 5 nitrogen and oxygen atoms in total. The van der Waals surface area contributed by atoms with E-state index in [1.165, 1.54) is 19.0 Å². The number of carbonyl (C=O) groups is 2. The van der Waals surface area contributed by atoms with Crippen LogP contribution < -0.4 is 5.32 Å². The van der Waals surface area contributed by atoms with Crippen molar-refractivity contribution in [1.82, 2.24) is 15.1 Å². The Hall–Kier alpha value is -1.31. The van der Waals surface area contributed by atoms with Crippen LogP contribution in [-0.2, 0) is 9.59 Å². The van der Waals surface area contributed by atoms with Gasteiger partial charge >= 0.3 is 6.18 Å². The van der Waals surface area contributed by atoms with Crippen molar-refractivity contribution in [3.63, 3.8) is 0 Å². The van der Waals surface area contributed by atoms with Crippen molar-refractivity contribution in [2.24, 2.45) is 0 Å². The fourth-order valence-corrected chi connectivity index (χ4v) is 2.31. The summed E-state index contributed by atoms with van der Waals surface area (Å²) in [6.07, 6.45) is -2.40. The number of alkyl halides is 3. The first-order chi connectivity index (χ1) is 9.55. The van der Waals surface area contributed by atoms with Gasteiger partial charge in [0.05, 0.1) is 5.54 Å². The monoisotopic (exact) mass is 309 g/mol. The van der Waals surface area contributed by atoms with Gasteiger partial charge in [-0.15, -0.1) is 0 Å². The van der Waals surface area contributed by atoms with E-state index in [2.05, 4.69) is 5.32 Å². The highest BCUT2D eigenvalue weighted by Crippen LogP contribution is 2.24. The second kappa shape index (κ2) is 6.64. The van der Waals surface area contributed by atoms with Crippen LogP contribution in [0.2, 0.25) is 0 Å². The fraction of sp³-hybridized carbons (Fsp3) is 0.846. The molecule has 0 spiro atoms. The lowest BCUT2D eigenvalue weighted by molar-refractivity contribution is -0.168. The Morgan fingerprint density at radius 2 is 1.86 bits per heavy atom. The van der Waals surface area contributed by atoms with E-state index in [4.69, 9.17) is 0 Å². The molecule has 1 fully saturated rings. The zero-order valence-electron chi connectivity index (χ0n) is 12.6. The van der Waals surface area contributed by atoms with Crippen LogP contribution >= 0.6 is 0 Å². The van der Waals surface area contributed by atoms with Gasteiger partial charge in [0.1, 0.15) is 13.1 Å². The van der Waals surface area contributed by atoms with Crippen molar-refractivity contribution >= 4 is 11.8 Å². The zero-order chi connectivity index (χ0) is 16.3. The molecule has 1 N–H and O–H groups in total. The highest BCUT2D eigenvalue weighted by molar-refractivity contribution is 5.90. The summed E-state index contributed by atoms with van der Waals surface area (Å²) in [7, 11) is 2.89. The molecule has 21 heavy (non-hydrogen) atoms. The largest absolute Gasteiger partial charge is 0.406 e. The van der Waals surface area contributed by atoms with E-state index >= 15 is 0 Å². The number of likely N-dealkylation sites (N-methyl/N-ethyl adjacent to an activating group) is 1. The molecule has 122 valence electrons. The van der Waals surface area contributed by atoms with Crippen LogP contribution in [0.15, 0.2) is 0 Å². The van der Waals surface area contributed by atoms with Crippen LogP contribution in [-0.4, -0.2) is 67.1 Å². The van der Waals surface area contributed by atoms with Crippen LogP contribution in [0.3, 0.4) is 0 Å². The Balaban J connectivity index is 2.88. The third-order valence-electron chi connectivity index (χ3n) is 3.57. The molecule has 0 aromatic heterocycles. The Morgan fingerprint density at radius 3 is 2.29 bits per heavy atom. The number of nitrogens with zero attached hydrogens (tertiary/aromatic N) is 2. The summed E-state index contributed by atoms with van der Waals surface area (Å²) < 4.78 is 38.0. The van der Waals surface area contributed by atoms with Crippen molar-refractivity contribution in [3.8, 4) is 0 Å². The quantitative estimate of drug-likeness (QED) is 0.843. The van der Waals surface area contributed by atoms with Crippen molar-refractivity contribution in [2.75, 3.05) is 33.7 Å². The van der Waals surface area contributed by atoms with Crippen LogP contribution in [0.1, 0.15) is 26.2 Å². The van der Waals surface area contributed by atoms with Crippen molar-refractivity contribution < 1.29 is 22.8 Å². The number of rotatable bonds is 4. The molecule has 2 amide bonds. The van der Waals surface area contributed by atoms with E-state index in [0.29, 0.717) is 17.9 Å². The molecule has 1 atom stereocenters. The lowest BCUT2D eigenvalue weighted by Crippen LogP contribution is -2.60. The SMILES string of the molecule is CN(C)C(=O)CN(CC(F)(F)F)C(=O)C1(C)CCCCN1. The van der Waals surface area contributed by atoms with E-state index in [9.17, 15) is 22.8 Å². The predicted octanol–water partition coefficient (Wildman–Crippen LogP) is 0.998. The molecular formula is C13H22F3N3O2. The molecule has 1 heterocycles. The summed E-state index contributed by atoms with van der Waals surface area (Å²) in [5.41, 5.74) is -1.03. The first kappa shape index (κ1) is 17.7. The number of hydrogen-bond donors (Lipinski definition) is 1. The summed E-state index contributed by atoms with van der Waals surface area (Å²) in [5, 5.41) is 2.98. The van der Waals surface area contributed by atoms with Gasteiger partial charge in [-0.1, -0.05) is 0 Å². The van der Waals surface area contributed by atoms with Crippen molar-refractivity contribution in [3.05, 3.63) is 0 Å². The van der Waals surface area contributed by atoms with E-state index < -0.39 is 36.6 Å². The molecule has 0 bridgehead atoms. The Labute approximate surface area is 122 Å². The molecule has 0 radical (unpaired) electrons. The molecular weight excluding hydrogens is 287 g/mol. The maximum atomic E-state index is 12.7. The van der Waals surface area contributed by atoms with Crippen LogP contribution in [0, 0.1) is 0 Å². The third kappa shape index (κ3) is 5.18. The van der Waals surface area contributed by atoms with Crippen LogP contribution in [0.4, 0.5) is 13.2 Å². The van der Waals surface area contributed by atoms with Gasteiger partial charge in [-0.05, 0) is 32.7 Å². The van der Waals surface area contributed by atoms with E-state index in [1.54, 1.807) is 6.92 Å². The first-order valence-corrected chi connectivity index (χ1v) is 6.86. The predicted molar refractivity (Wildman–Crippen MR) is 71.6 cm³/mol. The van der Waals surface area contributed by atoms with Crippen LogP contribution in [0.25, 0.3) is 0 Å². The fourth-order valence-electron chi connectivity index (χ4n) is 2.31. The molecule has 0 aliphatic carbocycles. The smallest absolute Gasteiger partial charge is 0.347 e. The van der Waals surface area contributed by atoms with Crippen molar-refractivity contribution in [2.45, 2.75) is 37.9 Å². The summed E-state index contributed by atoms with van der Waals surface area (Å²) in [4.78, 5) is 25.9. The van der Waals surface area contributed by atoms with E-state index in [0.717, 1.165) is 12.8 Å². The van der Waals surface area contributed by atoms with Gasteiger partial charge < -0.3 is 15.1 Å². The minimum absolute atomic E-state index is 0.469. The maximum absolute atomic E-state index is 12.7. The molecule has 1 aliphatic heterocycles. The number of amides is 2. The number of piperidine rings is 1. The number of hydrogen-bond acceptors (Lipinski definition) is 3. The Bertz CT molecular complexity index is 391. The van der Waals surface area contributed by atoms with Gasteiger partial charge in [0, 0.05) is 14.1 Å². The lowest BCUT2D eigenvalue weighted by atomic mass is 9.89. The summed E-state index contributed by atoms with van der Waals surface area (Å²) >= 11 is 0. The normalized spacial score (nSPS) is 22.8. The highest BCUT2D eigenvalue weighted by atomic mass is 19.4. The topological polar surface area (TPSA) is 52.7 Å². The van der Waals surface area contributed by atoms with Gasteiger partial charge in [0.25, 0.3) is 0 Å². The number of nitrogens with one attached hydrogen (secondary N) is 1. The summed E-state index contributed by atoms with van der Waals surface area (Å²) in [6, 6.07) is 0. The van der Waals surface area contributed by atoms with Gasteiger partial charge in [0.2, 0.25) is 11.8 Å². The second-order valence-electron chi connectivity index (χ2n) is 5.78. The zero-order valence-corrected chi connectivity index (χ0v) is 12.6. The minimum atomic E-state index is -4.53. The number of halogens is 3. The summed E-state index contributed by atoms with van der Waals surface area (Å²) in [6.45, 7) is 0.201. The van der Waals surface area contributed by atoms with Crippen LogP contribution in [0.5, 0.6) is 0 Å². The molecule has 1 unspecified atom stereocenters. The molecule has 8 heteroatoms. The molecule has 0 aromatic rings. The number of carbonyl (C=O) groups excluding carboxylic acids is 2. The minimum Gasteiger partial charge on any atom is -0.347 e. The molecule has 1 aliphatic rings. The van der Waals surface area contributed by atoms with E-state index in [1.807, 2.05) is 0 Å². The van der Waals surface area contributed by atoms with E-state index in [-0.39, 0.29) is 0 Å². The third-order valence-corrected chi connectivity index (χ3v) is 3.57. The van der Waals surface area contributed by atoms with Gasteiger partial charge in [0.15, 0.2) is 0 Å². The molecule has 0 saturated carbocycles. The summed E-state index contributed by atoms with van der Waals surface area (Å²) in [5.74, 6) is -1.21. The average molecular weight is 309 g/mol. The first-order valence-electron chi connectivity index (χ1n) is 6.86. The van der Waals surface area contributed by atoms with Crippen molar-refractivity contribution in [1.29, 1.82) is 0 Å². The molecule has 1 saturated heterocycles. The highest BCUT2D eigenvalue weighted by Gasteiger charge is 2.42. The Morgan fingerprint density at radius 1 is 1.24 bits per heavy atom. The maximum Gasteiger partial charge on any atom is 0.406 e. The Kier molecular flexibility index (Phi) is 5.61. The van der Waals surface area contributed by atoms with Gasteiger partial charge in [-0.2, -0.15) is 13.2 Å². The molecule has 0 aromatic carbocycles. The standard InChI is InChI=1S/C13H22F3N3O2/c1-12(6-4-5-7-17-12)11(21)19(9-13(14,15)16)8-10(20)18(2)3/h17H,4-9H2,1-3H3.